The molecule has 0 unspecified atom stereocenters. The van der Waals surface area contributed by atoms with Crippen LogP contribution in [-0.2, 0) is 9.78 Å². The molecule has 1 rings (SSSR count). The van der Waals surface area contributed by atoms with Crippen molar-refractivity contribution in [2.45, 2.75) is 34.6 Å². The Hall–Kier alpha value is -1.35. The fraction of sp³-hybridized carbons (Fsp3) is 0.385. The van der Waals surface area contributed by atoms with Crippen LogP contribution in [0.2, 0.25) is 0 Å². The van der Waals surface area contributed by atoms with Crippen LogP contribution < -0.4 is 0 Å². The molecule has 0 fully saturated rings. The minimum Gasteiger partial charge on any atom is -0.293 e. The average Bonchev–Trinajstić information content (AvgIpc) is 2.24. The third-order valence-corrected chi connectivity index (χ3v) is 3.34. The molecule has 1 radical (unpaired) electrons. The molecule has 87 valence electrons. The van der Waals surface area contributed by atoms with Crippen LogP contribution >= 0.6 is 0 Å². The SMILES string of the molecule is [CH2]OOC(=O)c1c(C)c(C)c(C)c(C)c1C. The van der Waals surface area contributed by atoms with E-state index in [9.17, 15) is 4.79 Å². The van der Waals surface area contributed by atoms with Gasteiger partial charge in [0.1, 0.15) is 7.11 Å². The Labute approximate surface area is 96.3 Å². The van der Waals surface area contributed by atoms with Gasteiger partial charge in [-0.3, -0.25) is 4.89 Å². The van der Waals surface area contributed by atoms with Crippen molar-refractivity contribution in [3.8, 4) is 0 Å². The summed E-state index contributed by atoms with van der Waals surface area (Å²) in [5.74, 6) is -0.490. The number of benzene rings is 1. The van der Waals surface area contributed by atoms with Crippen molar-refractivity contribution in [2.75, 3.05) is 0 Å². The lowest BCUT2D eigenvalue weighted by atomic mass is 9.90. The minimum absolute atomic E-state index is 0.490. The lowest BCUT2D eigenvalue weighted by Crippen LogP contribution is -2.11. The number of carbonyl (C=O) groups is 1. The molecule has 0 spiro atoms. The predicted molar refractivity (Wildman–Crippen MR) is 62.0 cm³/mol. The molecule has 1 aromatic rings. The van der Waals surface area contributed by atoms with Gasteiger partial charge in [0.2, 0.25) is 0 Å². The Balaban J connectivity index is 3.45. The molecule has 0 aliphatic rings. The molecule has 1 aromatic carbocycles. The van der Waals surface area contributed by atoms with Gasteiger partial charge in [-0.15, -0.1) is 0 Å². The van der Waals surface area contributed by atoms with Crippen LogP contribution in [0.3, 0.4) is 0 Å². The predicted octanol–water partition coefficient (Wildman–Crippen LogP) is 3.11. The molecular formula is C13H17O3. The molecule has 0 bridgehead atoms. The van der Waals surface area contributed by atoms with Crippen molar-refractivity contribution < 1.29 is 14.6 Å². The molecular weight excluding hydrogens is 204 g/mol. The Morgan fingerprint density at radius 3 is 1.62 bits per heavy atom. The molecule has 0 N–H and O–H groups in total. The number of rotatable bonds is 2. The van der Waals surface area contributed by atoms with E-state index in [0.717, 1.165) is 22.3 Å². The maximum absolute atomic E-state index is 11.7. The summed E-state index contributed by atoms with van der Waals surface area (Å²) in [6.45, 7) is 9.87. The first-order chi connectivity index (χ1) is 7.41. The molecule has 0 saturated heterocycles. The van der Waals surface area contributed by atoms with E-state index < -0.39 is 5.97 Å². The molecule has 16 heavy (non-hydrogen) atoms. The van der Waals surface area contributed by atoms with Gasteiger partial charge >= 0.3 is 5.97 Å². The van der Waals surface area contributed by atoms with Gasteiger partial charge < -0.3 is 0 Å². The van der Waals surface area contributed by atoms with Crippen LogP contribution in [-0.4, -0.2) is 5.97 Å². The summed E-state index contributed by atoms with van der Waals surface area (Å²) >= 11 is 0. The highest BCUT2D eigenvalue weighted by Crippen LogP contribution is 2.26. The second-order valence-electron chi connectivity index (χ2n) is 3.99. The first kappa shape index (κ1) is 12.7. The summed E-state index contributed by atoms with van der Waals surface area (Å²) < 4.78 is 0. The van der Waals surface area contributed by atoms with E-state index in [0.29, 0.717) is 5.56 Å². The van der Waals surface area contributed by atoms with Crippen molar-refractivity contribution in [1.29, 1.82) is 0 Å². The Morgan fingerprint density at radius 2 is 1.25 bits per heavy atom. The van der Waals surface area contributed by atoms with E-state index in [1.54, 1.807) is 0 Å². The van der Waals surface area contributed by atoms with Gasteiger partial charge in [-0.05, 0) is 62.4 Å². The number of hydrogen-bond donors (Lipinski definition) is 0. The summed E-state index contributed by atoms with van der Waals surface area (Å²) in [6, 6.07) is 0. The van der Waals surface area contributed by atoms with E-state index in [1.807, 2.05) is 27.7 Å². The van der Waals surface area contributed by atoms with Crippen LogP contribution in [0.5, 0.6) is 0 Å². The average molecular weight is 221 g/mol. The van der Waals surface area contributed by atoms with Gasteiger partial charge in [0.05, 0.1) is 5.56 Å². The topological polar surface area (TPSA) is 35.5 Å². The van der Waals surface area contributed by atoms with E-state index in [-0.39, 0.29) is 0 Å². The van der Waals surface area contributed by atoms with E-state index in [2.05, 4.69) is 23.8 Å². The van der Waals surface area contributed by atoms with Crippen LogP contribution in [0, 0.1) is 41.7 Å². The molecule has 3 nitrogen and oxygen atoms in total. The molecule has 0 atom stereocenters. The van der Waals surface area contributed by atoms with Gasteiger partial charge in [0.15, 0.2) is 0 Å². The quantitative estimate of drug-likeness (QED) is 0.568. The molecule has 0 saturated carbocycles. The zero-order valence-electron chi connectivity index (χ0n) is 10.4. The van der Waals surface area contributed by atoms with Crippen molar-refractivity contribution in [3.05, 3.63) is 40.5 Å². The molecule has 0 amide bonds. The van der Waals surface area contributed by atoms with Gasteiger partial charge in [-0.1, -0.05) is 0 Å². The second-order valence-corrected chi connectivity index (χ2v) is 3.99. The molecule has 0 aromatic heterocycles. The van der Waals surface area contributed by atoms with Crippen molar-refractivity contribution >= 4 is 5.97 Å². The smallest absolute Gasteiger partial charge is 0.293 e. The standard InChI is InChI=1S/C13H17O3/c1-7-8(2)10(4)12(11(5)9(7)3)13(14)16-15-6/h6H2,1-5H3. The molecule has 0 aliphatic carbocycles. The largest absolute Gasteiger partial charge is 0.373 e. The highest BCUT2D eigenvalue weighted by Gasteiger charge is 2.19. The summed E-state index contributed by atoms with van der Waals surface area (Å²) in [5, 5.41) is 0. The monoisotopic (exact) mass is 221 g/mol. The Bertz CT molecular complexity index is 404. The van der Waals surface area contributed by atoms with Gasteiger partial charge in [-0.2, -0.15) is 4.89 Å². The molecule has 0 aliphatic heterocycles. The maximum Gasteiger partial charge on any atom is 0.373 e. The van der Waals surface area contributed by atoms with E-state index in [4.69, 9.17) is 0 Å². The highest BCUT2D eigenvalue weighted by atomic mass is 17.2. The zero-order valence-corrected chi connectivity index (χ0v) is 10.4. The van der Waals surface area contributed by atoms with Crippen LogP contribution in [0.15, 0.2) is 0 Å². The summed E-state index contributed by atoms with van der Waals surface area (Å²) in [5.41, 5.74) is 5.87. The Morgan fingerprint density at radius 1 is 0.875 bits per heavy atom. The molecule has 3 heteroatoms. The van der Waals surface area contributed by atoms with Crippen molar-refractivity contribution in [1.82, 2.24) is 0 Å². The first-order valence-corrected chi connectivity index (χ1v) is 5.11. The lowest BCUT2D eigenvalue weighted by molar-refractivity contribution is -0.195. The first-order valence-electron chi connectivity index (χ1n) is 5.11. The van der Waals surface area contributed by atoms with E-state index in [1.165, 1.54) is 5.56 Å². The van der Waals surface area contributed by atoms with Crippen molar-refractivity contribution in [3.63, 3.8) is 0 Å². The van der Waals surface area contributed by atoms with Gasteiger partial charge in [0.25, 0.3) is 0 Å². The summed E-state index contributed by atoms with van der Waals surface area (Å²) in [7, 11) is 3.03. The fourth-order valence-electron chi connectivity index (χ4n) is 1.90. The third-order valence-electron chi connectivity index (χ3n) is 3.34. The molecule has 0 heterocycles. The van der Waals surface area contributed by atoms with Gasteiger partial charge in [-0.25, -0.2) is 4.79 Å². The maximum atomic E-state index is 11.7. The second kappa shape index (κ2) is 4.66. The third kappa shape index (κ3) is 1.95. The number of hydrogen-bond acceptors (Lipinski definition) is 3. The normalized spacial score (nSPS) is 10.4. The summed E-state index contributed by atoms with van der Waals surface area (Å²) in [4.78, 5) is 20.4. The van der Waals surface area contributed by atoms with Crippen LogP contribution in [0.4, 0.5) is 0 Å². The van der Waals surface area contributed by atoms with Gasteiger partial charge in [0, 0.05) is 0 Å². The van der Waals surface area contributed by atoms with Crippen molar-refractivity contribution in [2.24, 2.45) is 0 Å². The zero-order chi connectivity index (χ0) is 12.5. The minimum atomic E-state index is -0.490. The highest BCUT2D eigenvalue weighted by molar-refractivity contribution is 5.93. The van der Waals surface area contributed by atoms with Crippen LogP contribution in [0.1, 0.15) is 38.2 Å². The fourth-order valence-corrected chi connectivity index (χ4v) is 1.90. The van der Waals surface area contributed by atoms with Crippen LogP contribution in [0.25, 0.3) is 0 Å². The number of carbonyl (C=O) groups excluding carboxylic acids is 1. The Kier molecular flexibility index (Phi) is 3.70. The summed E-state index contributed by atoms with van der Waals surface area (Å²) in [6.07, 6.45) is 0. The lowest BCUT2D eigenvalue weighted by Gasteiger charge is -2.16. The van der Waals surface area contributed by atoms with E-state index >= 15 is 0 Å².